The number of primary amides is 2. The summed E-state index contributed by atoms with van der Waals surface area (Å²) in [6, 6.07) is 3.69. The van der Waals surface area contributed by atoms with Crippen molar-refractivity contribution >= 4 is 82.8 Å². The molecule has 1 saturated heterocycles. The zero-order chi connectivity index (χ0) is 65.0. The molecule has 30 heteroatoms. The van der Waals surface area contributed by atoms with E-state index in [9.17, 15) is 83.1 Å². The van der Waals surface area contributed by atoms with Crippen molar-refractivity contribution in [1.29, 1.82) is 0 Å². The van der Waals surface area contributed by atoms with Gasteiger partial charge >= 0.3 is 11.9 Å². The molecule has 1 aliphatic heterocycles. The molecule has 4 rings (SSSR count). The first-order chi connectivity index (χ1) is 41.8. The largest absolute Gasteiger partial charge is 0.508 e. The summed E-state index contributed by atoms with van der Waals surface area (Å²) in [6.45, 7) is 0.224. The third-order valence-corrected chi connectivity index (χ3v) is 14.9. The van der Waals surface area contributed by atoms with Crippen molar-refractivity contribution in [3.8, 4) is 17.2 Å². The molecule has 1 aliphatic rings. The minimum Gasteiger partial charge on any atom is -0.508 e. The van der Waals surface area contributed by atoms with Crippen molar-refractivity contribution in [2.45, 2.75) is 151 Å². The van der Waals surface area contributed by atoms with E-state index in [-0.39, 0.29) is 100 Å². The van der Waals surface area contributed by atoms with Crippen LogP contribution < -0.4 is 60.2 Å². The second-order valence-corrected chi connectivity index (χ2v) is 22.2. The lowest BCUT2D eigenvalue weighted by molar-refractivity contribution is -0.144. The lowest BCUT2D eigenvalue weighted by Crippen LogP contribution is -2.61. The molecule has 1 fully saturated rings. The summed E-state index contributed by atoms with van der Waals surface area (Å²) < 4.78 is 0. The van der Waals surface area contributed by atoms with Crippen molar-refractivity contribution in [2.24, 2.45) is 22.9 Å². The molecule has 0 spiro atoms. The Morgan fingerprint density at radius 2 is 0.909 bits per heavy atom. The first-order valence-electron chi connectivity index (χ1n) is 28.5. The Morgan fingerprint density at radius 3 is 1.36 bits per heavy atom. The summed E-state index contributed by atoms with van der Waals surface area (Å²) in [6.07, 6.45) is -0.330. The molecule has 1 heterocycles. The summed E-state index contributed by atoms with van der Waals surface area (Å²) in [5.41, 5.74) is 23.3. The number of phenols is 3. The van der Waals surface area contributed by atoms with Crippen LogP contribution in [0.4, 0.5) is 0 Å². The lowest BCUT2D eigenvalue weighted by Gasteiger charge is -2.31. The second-order valence-electron chi connectivity index (χ2n) is 21.2. The van der Waals surface area contributed by atoms with Crippen LogP contribution >= 0.6 is 11.8 Å². The Balaban J connectivity index is 1.69. The lowest BCUT2D eigenvalue weighted by atomic mass is 10.0. The van der Waals surface area contributed by atoms with Gasteiger partial charge < -0.3 is 90.6 Å². The molecule has 480 valence electrons. The Hall–Kier alpha value is -9.03. The van der Waals surface area contributed by atoms with Gasteiger partial charge in [-0.3, -0.25) is 52.7 Å². The first kappa shape index (κ1) is 71.5. The number of hydrogen-bond acceptors (Lipinski definition) is 18. The van der Waals surface area contributed by atoms with Crippen LogP contribution in [-0.2, 0) is 76.8 Å². The van der Waals surface area contributed by atoms with Crippen molar-refractivity contribution in [1.82, 2.24) is 42.1 Å². The number of phenolic OH excluding ortho intramolecular Hbond substituents is 3. The van der Waals surface area contributed by atoms with E-state index in [1.807, 2.05) is 0 Å². The molecular formula is C58H80N12O17S. The van der Waals surface area contributed by atoms with Crippen molar-refractivity contribution in [2.75, 3.05) is 25.1 Å². The zero-order valence-corrected chi connectivity index (χ0v) is 49.5. The zero-order valence-electron chi connectivity index (χ0n) is 48.7. The van der Waals surface area contributed by atoms with Crippen LogP contribution in [0.25, 0.3) is 0 Å². The van der Waals surface area contributed by atoms with Crippen LogP contribution in [0.1, 0.15) is 93.7 Å². The molecular weight excluding hydrogens is 1170 g/mol. The average molecular weight is 1250 g/mol. The third-order valence-electron chi connectivity index (χ3n) is 14.3. The molecule has 0 saturated carbocycles. The number of amides is 10. The molecule has 3 aromatic rings. The number of carboxylic acids is 2. The number of hydrogen-bond donors (Lipinski definition) is 16. The number of carboxylic acid groups (broad SMARTS) is 2. The summed E-state index contributed by atoms with van der Waals surface area (Å²) in [5.74, 6) is -11.7. The van der Waals surface area contributed by atoms with Crippen LogP contribution in [0.5, 0.6) is 17.2 Å². The normalized spacial score (nSPS) is 15.5. The van der Waals surface area contributed by atoms with E-state index in [0.717, 1.165) is 0 Å². The molecule has 88 heavy (non-hydrogen) atoms. The Labute approximate surface area is 511 Å². The van der Waals surface area contributed by atoms with Gasteiger partial charge in [0, 0.05) is 45.1 Å². The van der Waals surface area contributed by atoms with Gasteiger partial charge in [-0.15, -0.1) is 0 Å². The highest BCUT2D eigenvalue weighted by Gasteiger charge is 2.41. The maximum atomic E-state index is 14.9. The van der Waals surface area contributed by atoms with Gasteiger partial charge in [0.1, 0.15) is 65.6 Å². The summed E-state index contributed by atoms with van der Waals surface area (Å²) in [4.78, 5) is 162. The van der Waals surface area contributed by atoms with Crippen LogP contribution in [0.15, 0.2) is 72.8 Å². The number of thioether (sulfide) groups is 1. The standard InChI is InChI=1S/C58H80N12O17S/c1-88-28-25-41(64-54(82)43(29-32-7-13-35(71)14-8-32)67-52(80)39(20-23-48(62)75)63-50(78)38(60)19-22-47(61)74)53(81)68-44(30-33-9-15-36(72)16-10-33)55(83)69-45(31-34-11-17-37(73)18-12-34)57(85)70-27-4-6-46(70)56(84)65-40(21-24-49(76)77)51(79)66-42(58(86)87)5-2-3-26-59/h7-18,38-46,71-73H,2-6,19-31,59-60H2,1H3,(H2,61,74)(H2,62,75)(H,63,78)(H,64,82)(H,65,84)(H,66,79)(H,67,80)(H,68,81)(H,69,83)(H,76,77)(H,86,87)/t38-,39-,40-,41-,42-,43-,44-,45-,46-/m0/s1. The van der Waals surface area contributed by atoms with E-state index in [2.05, 4.69) is 37.2 Å². The number of nitrogens with one attached hydrogen (secondary N) is 7. The van der Waals surface area contributed by atoms with Gasteiger partial charge in [-0.25, -0.2) is 4.79 Å². The highest BCUT2D eigenvalue weighted by atomic mass is 32.2. The number of nitrogens with zero attached hydrogens (tertiary/aromatic N) is 1. The number of unbranched alkanes of at least 4 members (excludes halogenated alkanes) is 1. The summed E-state index contributed by atoms with van der Waals surface area (Å²) >= 11 is 1.30. The second kappa shape index (κ2) is 36.2. The molecule has 3 aromatic carbocycles. The Morgan fingerprint density at radius 1 is 0.511 bits per heavy atom. The third kappa shape index (κ3) is 24.4. The van der Waals surface area contributed by atoms with E-state index in [1.54, 1.807) is 6.26 Å². The van der Waals surface area contributed by atoms with Crippen LogP contribution in [-0.4, -0.2) is 181 Å². The predicted molar refractivity (Wildman–Crippen MR) is 319 cm³/mol. The molecule has 0 aliphatic carbocycles. The number of benzene rings is 3. The monoisotopic (exact) mass is 1250 g/mol. The van der Waals surface area contributed by atoms with E-state index in [0.29, 0.717) is 29.5 Å². The number of carbonyl (C=O) groups excluding carboxylic acids is 10. The fourth-order valence-corrected chi connectivity index (χ4v) is 9.88. The first-order valence-corrected chi connectivity index (χ1v) is 29.9. The topological polar surface area (TPSA) is 498 Å². The number of rotatable bonds is 38. The fraction of sp³-hybridized carbons (Fsp3) is 0.483. The molecule has 9 atom stereocenters. The molecule has 0 aromatic heterocycles. The molecule has 10 amide bonds. The van der Waals surface area contributed by atoms with Gasteiger partial charge in [-0.05, 0) is 129 Å². The fourth-order valence-electron chi connectivity index (χ4n) is 9.41. The maximum absolute atomic E-state index is 14.9. The van der Waals surface area contributed by atoms with Gasteiger partial charge in [0.25, 0.3) is 0 Å². The highest BCUT2D eigenvalue weighted by molar-refractivity contribution is 7.98. The number of carbonyl (C=O) groups is 12. The Bertz CT molecular complexity index is 2900. The van der Waals surface area contributed by atoms with Gasteiger partial charge in [0.05, 0.1) is 6.04 Å². The van der Waals surface area contributed by atoms with Gasteiger partial charge in [0.15, 0.2) is 0 Å². The molecule has 0 unspecified atom stereocenters. The number of aromatic hydroxyl groups is 3. The number of nitrogens with two attached hydrogens (primary N) is 4. The highest BCUT2D eigenvalue weighted by Crippen LogP contribution is 2.22. The van der Waals surface area contributed by atoms with Crippen LogP contribution in [0.2, 0.25) is 0 Å². The summed E-state index contributed by atoms with van der Waals surface area (Å²) in [7, 11) is 0. The molecule has 29 nitrogen and oxygen atoms in total. The number of aliphatic carboxylic acids is 2. The maximum Gasteiger partial charge on any atom is 0.326 e. The molecule has 0 radical (unpaired) electrons. The van der Waals surface area contributed by atoms with E-state index in [4.69, 9.17) is 22.9 Å². The SMILES string of the molecule is CSCC[C@H](NC(=O)[C@H](Cc1ccc(O)cc1)NC(=O)[C@H](CCC(N)=O)NC(=O)[C@@H](N)CCC(N)=O)C(=O)N[C@@H](Cc1ccc(O)cc1)C(=O)N[C@@H](Cc1ccc(O)cc1)C(=O)N1CCC[C@H]1C(=O)N[C@@H](CCC(=O)O)C(=O)N[C@@H](CCCCN)C(=O)O. The predicted octanol–water partition coefficient (Wildman–Crippen LogP) is -2.09. The van der Waals surface area contributed by atoms with Crippen molar-refractivity contribution in [3.05, 3.63) is 89.5 Å². The number of likely N-dealkylation sites (tertiary alicyclic amines) is 1. The summed E-state index contributed by atoms with van der Waals surface area (Å²) in [5, 5.41) is 67.6. The smallest absolute Gasteiger partial charge is 0.326 e. The molecule has 20 N–H and O–H groups in total. The average Bonchev–Trinajstić information content (AvgIpc) is 4.18. The minimum atomic E-state index is -1.56. The van der Waals surface area contributed by atoms with E-state index < -0.39 is 145 Å². The van der Waals surface area contributed by atoms with Gasteiger partial charge in [-0.2, -0.15) is 11.8 Å². The quantitative estimate of drug-likeness (QED) is 0.0273. The van der Waals surface area contributed by atoms with Crippen LogP contribution in [0.3, 0.4) is 0 Å². The molecule has 0 bridgehead atoms. The Kier molecular flexibility index (Phi) is 29.4. The van der Waals surface area contributed by atoms with E-state index in [1.165, 1.54) is 89.5 Å². The van der Waals surface area contributed by atoms with Crippen LogP contribution in [0, 0.1) is 0 Å². The van der Waals surface area contributed by atoms with E-state index >= 15 is 0 Å². The van der Waals surface area contributed by atoms with Gasteiger partial charge in [0.2, 0.25) is 59.1 Å². The minimum absolute atomic E-state index is 0.00962. The van der Waals surface area contributed by atoms with Crippen molar-refractivity contribution < 1.29 is 83.1 Å². The van der Waals surface area contributed by atoms with Crippen molar-refractivity contribution in [3.63, 3.8) is 0 Å². The van der Waals surface area contributed by atoms with Gasteiger partial charge in [-0.1, -0.05) is 36.4 Å².